The fraction of sp³-hybridized carbons (Fsp3) is 0.333. The Balaban J connectivity index is 2.48. The first-order valence-corrected chi connectivity index (χ1v) is 4.07. The SMILES string of the molecule is O=C(O)c1cc2c(o1)C(=O)CCC2. The number of aryl methyl sites for hydroxylation is 1. The maximum absolute atomic E-state index is 11.2. The van der Waals surface area contributed by atoms with Crippen LogP contribution in [0.4, 0.5) is 0 Å². The molecule has 13 heavy (non-hydrogen) atoms. The van der Waals surface area contributed by atoms with Crippen molar-refractivity contribution < 1.29 is 19.1 Å². The van der Waals surface area contributed by atoms with Crippen LogP contribution >= 0.6 is 0 Å². The van der Waals surface area contributed by atoms with Gasteiger partial charge in [-0.1, -0.05) is 0 Å². The minimum atomic E-state index is -1.12. The molecule has 0 spiro atoms. The first-order valence-electron chi connectivity index (χ1n) is 4.07. The van der Waals surface area contributed by atoms with Gasteiger partial charge in [0.05, 0.1) is 0 Å². The largest absolute Gasteiger partial charge is 0.475 e. The average Bonchev–Trinajstić information content (AvgIpc) is 2.49. The fourth-order valence-corrected chi connectivity index (χ4v) is 1.51. The second kappa shape index (κ2) is 2.73. The lowest BCUT2D eigenvalue weighted by molar-refractivity contribution is 0.0660. The number of hydrogen-bond donors (Lipinski definition) is 1. The Kier molecular flexibility index (Phi) is 1.69. The number of hydrogen-bond acceptors (Lipinski definition) is 3. The van der Waals surface area contributed by atoms with Crippen LogP contribution in [0.25, 0.3) is 0 Å². The third kappa shape index (κ3) is 1.24. The van der Waals surface area contributed by atoms with Gasteiger partial charge in [-0.25, -0.2) is 4.79 Å². The van der Waals surface area contributed by atoms with E-state index in [0.717, 1.165) is 18.4 Å². The average molecular weight is 180 g/mol. The van der Waals surface area contributed by atoms with Gasteiger partial charge < -0.3 is 9.52 Å². The van der Waals surface area contributed by atoms with Gasteiger partial charge in [0.1, 0.15) is 0 Å². The van der Waals surface area contributed by atoms with Gasteiger partial charge in [0.2, 0.25) is 5.76 Å². The van der Waals surface area contributed by atoms with E-state index >= 15 is 0 Å². The molecule has 0 amide bonds. The van der Waals surface area contributed by atoms with E-state index in [1.165, 1.54) is 6.07 Å². The summed E-state index contributed by atoms with van der Waals surface area (Å²) in [4.78, 5) is 21.8. The summed E-state index contributed by atoms with van der Waals surface area (Å²) in [5, 5.41) is 8.62. The lowest BCUT2D eigenvalue weighted by atomic mass is 9.98. The molecule has 0 atom stereocenters. The molecule has 1 aliphatic carbocycles. The summed E-state index contributed by atoms with van der Waals surface area (Å²) in [5.74, 6) is -1.11. The highest BCUT2D eigenvalue weighted by atomic mass is 16.4. The molecule has 0 bridgehead atoms. The van der Waals surface area contributed by atoms with Crippen molar-refractivity contribution in [3.8, 4) is 0 Å². The maximum atomic E-state index is 11.2. The summed E-state index contributed by atoms with van der Waals surface area (Å²) < 4.78 is 4.93. The van der Waals surface area contributed by atoms with Gasteiger partial charge >= 0.3 is 5.97 Å². The highest BCUT2D eigenvalue weighted by Gasteiger charge is 2.24. The zero-order valence-corrected chi connectivity index (χ0v) is 6.87. The van der Waals surface area contributed by atoms with E-state index in [1.54, 1.807) is 0 Å². The molecular formula is C9H8O4. The molecule has 2 rings (SSSR count). The number of aromatic carboxylic acids is 1. The first-order chi connectivity index (χ1) is 6.18. The molecule has 4 heteroatoms. The Labute approximate surface area is 74.2 Å². The topological polar surface area (TPSA) is 67.5 Å². The van der Waals surface area contributed by atoms with Crippen LogP contribution in [0.1, 0.15) is 39.5 Å². The van der Waals surface area contributed by atoms with Crippen molar-refractivity contribution in [3.05, 3.63) is 23.2 Å². The summed E-state index contributed by atoms with van der Waals surface area (Å²) >= 11 is 0. The first kappa shape index (κ1) is 8.04. The van der Waals surface area contributed by atoms with Gasteiger partial charge in [-0.05, 0) is 18.9 Å². The predicted octanol–water partition coefficient (Wildman–Crippen LogP) is 1.50. The highest BCUT2D eigenvalue weighted by Crippen LogP contribution is 2.24. The van der Waals surface area contributed by atoms with Crippen molar-refractivity contribution in [3.63, 3.8) is 0 Å². The second-order valence-electron chi connectivity index (χ2n) is 3.05. The van der Waals surface area contributed by atoms with Crippen LogP contribution in [-0.2, 0) is 6.42 Å². The van der Waals surface area contributed by atoms with Gasteiger partial charge in [0, 0.05) is 12.0 Å². The van der Waals surface area contributed by atoms with Crippen LogP contribution in [0.2, 0.25) is 0 Å². The number of carbonyl (C=O) groups excluding carboxylic acids is 1. The number of carboxylic acid groups (broad SMARTS) is 1. The molecule has 68 valence electrons. The lowest BCUT2D eigenvalue weighted by Crippen LogP contribution is -2.07. The van der Waals surface area contributed by atoms with Crippen LogP contribution in [0.15, 0.2) is 10.5 Å². The molecule has 1 N–H and O–H groups in total. The van der Waals surface area contributed by atoms with Crippen molar-refractivity contribution in [1.29, 1.82) is 0 Å². The molecule has 1 aromatic heterocycles. The third-order valence-electron chi connectivity index (χ3n) is 2.12. The van der Waals surface area contributed by atoms with E-state index in [0.29, 0.717) is 6.42 Å². The summed E-state index contributed by atoms with van der Waals surface area (Å²) in [5.41, 5.74) is 0.730. The lowest BCUT2D eigenvalue weighted by Gasteiger charge is -2.06. The Morgan fingerprint density at radius 2 is 2.23 bits per heavy atom. The normalized spacial score (nSPS) is 15.5. The molecule has 0 fully saturated rings. The van der Waals surface area contributed by atoms with E-state index in [1.807, 2.05) is 0 Å². The Morgan fingerprint density at radius 3 is 2.85 bits per heavy atom. The van der Waals surface area contributed by atoms with Crippen molar-refractivity contribution in [1.82, 2.24) is 0 Å². The molecule has 1 heterocycles. The Morgan fingerprint density at radius 1 is 1.46 bits per heavy atom. The van der Waals surface area contributed by atoms with Crippen LogP contribution in [0, 0.1) is 0 Å². The predicted molar refractivity (Wildman–Crippen MR) is 42.9 cm³/mol. The third-order valence-corrected chi connectivity index (χ3v) is 2.12. The number of Topliss-reactive ketones (excluding diaryl/α,β-unsaturated/α-hetero) is 1. The molecule has 0 aromatic carbocycles. The maximum Gasteiger partial charge on any atom is 0.371 e. The molecule has 4 nitrogen and oxygen atoms in total. The minimum Gasteiger partial charge on any atom is -0.475 e. The Hall–Kier alpha value is -1.58. The second-order valence-corrected chi connectivity index (χ2v) is 3.05. The molecule has 0 aliphatic heterocycles. The van der Waals surface area contributed by atoms with Crippen molar-refractivity contribution in [2.75, 3.05) is 0 Å². The van der Waals surface area contributed by atoms with Gasteiger partial charge in [-0.15, -0.1) is 0 Å². The van der Waals surface area contributed by atoms with Gasteiger partial charge in [-0.2, -0.15) is 0 Å². The summed E-state index contributed by atoms with van der Waals surface area (Å²) in [6, 6.07) is 1.44. The van der Waals surface area contributed by atoms with Gasteiger partial charge in [0.25, 0.3) is 0 Å². The molecule has 0 saturated carbocycles. The van der Waals surface area contributed by atoms with Crippen LogP contribution < -0.4 is 0 Å². The van der Waals surface area contributed by atoms with Crippen LogP contribution in [0.5, 0.6) is 0 Å². The monoisotopic (exact) mass is 180 g/mol. The number of furan rings is 1. The number of carbonyl (C=O) groups is 2. The fourth-order valence-electron chi connectivity index (χ4n) is 1.51. The van der Waals surface area contributed by atoms with E-state index in [9.17, 15) is 9.59 Å². The molecule has 0 radical (unpaired) electrons. The van der Waals surface area contributed by atoms with Crippen molar-refractivity contribution in [2.24, 2.45) is 0 Å². The minimum absolute atomic E-state index is 0.0891. The standard InChI is InChI=1S/C9H8O4/c10-6-3-1-2-5-4-7(9(11)12)13-8(5)6/h4H,1-3H2,(H,11,12). The molecular weight excluding hydrogens is 172 g/mol. The van der Waals surface area contributed by atoms with E-state index in [4.69, 9.17) is 9.52 Å². The van der Waals surface area contributed by atoms with E-state index < -0.39 is 5.97 Å². The summed E-state index contributed by atoms with van der Waals surface area (Å²) in [6.07, 6.45) is 1.97. The molecule has 0 unspecified atom stereocenters. The number of carboxylic acids is 1. The quantitative estimate of drug-likeness (QED) is 0.711. The zero-order valence-electron chi connectivity index (χ0n) is 6.87. The highest BCUT2D eigenvalue weighted by molar-refractivity contribution is 5.97. The number of rotatable bonds is 1. The summed E-state index contributed by atoms with van der Waals surface area (Å²) in [6.45, 7) is 0. The molecule has 1 aromatic rings. The summed E-state index contributed by atoms with van der Waals surface area (Å²) in [7, 11) is 0. The number of fused-ring (bicyclic) bond motifs is 1. The molecule has 0 saturated heterocycles. The van der Waals surface area contributed by atoms with Gasteiger partial charge in [0.15, 0.2) is 11.5 Å². The van der Waals surface area contributed by atoms with Crippen LogP contribution in [0.3, 0.4) is 0 Å². The van der Waals surface area contributed by atoms with Gasteiger partial charge in [-0.3, -0.25) is 4.79 Å². The van der Waals surface area contributed by atoms with E-state index in [2.05, 4.69) is 0 Å². The van der Waals surface area contributed by atoms with Crippen LogP contribution in [-0.4, -0.2) is 16.9 Å². The smallest absolute Gasteiger partial charge is 0.371 e. The Bertz CT molecular complexity index is 375. The van der Waals surface area contributed by atoms with Crippen molar-refractivity contribution in [2.45, 2.75) is 19.3 Å². The number of ketones is 1. The molecule has 1 aliphatic rings. The van der Waals surface area contributed by atoms with Crippen molar-refractivity contribution >= 4 is 11.8 Å². The van der Waals surface area contributed by atoms with E-state index in [-0.39, 0.29) is 17.3 Å². The zero-order chi connectivity index (χ0) is 9.42.